The van der Waals surface area contributed by atoms with E-state index < -0.39 is 4.51 Å². The minimum absolute atomic E-state index is 0.177. The van der Waals surface area contributed by atoms with Crippen LogP contribution in [-0.4, -0.2) is 15.4 Å². The van der Waals surface area contributed by atoms with Crippen LogP contribution in [-0.2, 0) is 18.0 Å². The van der Waals surface area contributed by atoms with Crippen LogP contribution in [0.2, 0.25) is 0 Å². The number of ketones is 1. The Morgan fingerprint density at radius 2 is 1.76 bits per heavy atom. The molecule has 0 spiro atoms. The predicted octanol–water partition coefficient (Wildman–Crippen LogP) is 3.69. The third kappa shape index (κ3) is 4.00. The largest absolute Gasteiger partial charge is 0.392 e. The van der Waals surface area contributed by atoms with E-state index in [0.29, 0.717) is 17.7 Å². The summed E-state index contributed by atoms with van der Waals surface area (Å²) in [5, 5.41) is 9.33. The highest BCUT2D eigenvalue weighted by molar-refractivity contribution is 9.10. The normalized spacial score (nSPS) is 13.7. The van der Waals surface area contributed by atoms with Crippen LogP contribution in [0.4, 0.5) is 0 Å². The average molecular weight is 349 g/mol. The van der Waals surface area contributed by atoms with Gasteiger partial charge in [-0.05, 0) is 34.0 Å². The number of carbonyl (C=O) groups is 1. The smallest absolute Gasteiger partial charge is 0.205 e. The molecule has 1 N–H and O–H groups in total. The zero-order valence-corrected chi connectivity index (χ0v) is 13.3. The highest BCUT2D eigenvalue weighted by Crippen LogP contribution is 2.27. The van der Waals surface area contributed by atoms with Gasteiger partial charge in [0.05, 0.1) is 13.2 Å². The van der Waals surface area contributed by atoms with Crippen molar-refractivity contribution in [3.63, 3.8) is 0 Å². The van der Waals surface area contributed by atoms with Gasteiger partial charge in [0.25, 0.3) is 0 Å². The molecule has 0 heterocycles. The van der Waals surface area contributed by atoms with Gasteiger partial charge in [-0.25, -0.2) is 0 Å². The van der Waals surface area contributed by atoms with Crippen LogP contribution < -0.4 is 0 Å². The number of carbonyl (C=O) groups excluding carboxylic acids is 1. The van der Waals surface area contributed by atoms with Gasteiger partial charge in [0, 0.05) is 5.56 Å². The minimum atomic E-state index is -1.13. The molecular weight excluding hydrogens is 332 g/mol. The van der Waals surface area contributed by atoms with E-state index in [1.54, 1.807) is 31.2 Å². The Bertz CT molecular complexity index is 608. The Kier molecular flexibility index (Phi) is 5.28. The van der Waals surface area contributed by atoms with E-state index in [2.05, 4.69) is 15.9 Å². The summed E-state index contributed by atoms with van der Waals surface area (Å²) in [5.41, 5.74) is 2.05. The molecule has 2 aromatic carbocycles. The highest BCUT2D eigenvalue weighted by atomic mass is 79.9. The number of hydrogen-bond acceptors (Lipinski definition) is 3. The molecule has 0 fully saturated rings. The quantitative estimate of drug-likeness (QED) is 0.639. The first-order chi connectivity index (χ1) is 10.0. The van der Waals surface area contributed by atoms with Crippen molar-refractivity contribution in [3.05, 3.63) is 71.3 Å². The number of alkyl halides is 1. The van der Waals surface area contributed by atoms with Crippen molar-refractivity contribution in [2.75, 3.05) is 0 Å². The number of aliphatic hydroxyl groups excluding tert-OH is 1. The molecule has 4 heteroatoms. The number of aliphatic hydroxyl groups is 1. The number of ether oxygens (including phenoxy) is 1. The Morgan fingerprint density at radius 3 is 2.43 bits per heavy atom. The van der Waals surface area contributed by atoms with Crippen LogP contribution in [0.25, 0.3) is 0 Å². The third-order valence-electron chi connectivity index (χ3n) is 3.19. The Labute approximate surface area is 132 Å². The highest BCUT2D eigenvalue weighted by Gasteiger charge is 2.33. The van der Waals surface area contributed by atoms with E-state index in [1.807, 2.05) is 30.3 Å². The molecule has 0 aliphatic carbocycles. The molecule has 2 rings (SSSR count). The first-order valence-electron chi connectivity index (χ1n) is 6.65. The molecule has 1 atom stereocenters. The molecule has 0 saturated carbocycles. The molecule has 0 amide bonds. The molecule has 1 unspecified atom stereocenters. The van der Waals surface area contributed by atoms with Crippen molar-refractivity contribution in [2.24, 2.45) is 0 Å². The lowest BCUT2D eigenvalue weighted by atomic mass is 10.0. The fourth-order valence-corrected chi connectivity index (χ4v) is 2.31. The fraction of sp³-hybridized carbons (Fsp3) is 0.235. The molecule has 0 aromatic heterocycles. The molecule has 2 aromatic rings. The number of rotatable bonds is 6. The fourth-order valence-electron chi connectivity index (χ4n) is 1.98. The van der Waals surface area contributed by atoms with E-state index in [0.717, 1.165) is 5.56 Å². The van der Waals surface area contributed by atoms with Crippen LogP contribution in [0, 0.1) is 0 Å². The van der Waals surface area contributed by atoms with Gasteiger partial charge in [0.15, 0.2) is 4.51 Å². The molecule has 110 valence electrons. The van der Waals surface area contributed by atoms with Gasteiger partial charge in [0.2, 0.25) is 5.78 Å². The monoisotopic (exact) mass is 348 g/mol. The summed E-state index contributed by atoms with van der Waals surface area (Å²) in [7, 11) is 0. The second-order valence-corrected chi connectivity index (χ2v) is 6.35. The van der Waals surface area contributed by atoms with E-state index in [4.69, 9.17) is 4.74 Å². The van der Waals surface area contributed by atoms with E-state index in [1.165, 1.54) is 0 Å². The van der Waals surface area contributed by atoms with Gasteiger partial charge in [-0.3, -0.25) is 4.79 Å². The standard InChI is InChI=1S/C17H17BrO3/c1-17(18,21-12-13-7-3-2-4-8-13)16(20)15-10-6-5-9-14(15)11-19/h2-10,19H,11-12H2,1H3. The lowest BCUT2D eigenvalue weighted by molar-refractivity contribution is 0.0284. The average Bonchev–Trinajstić information content (AvgIpc) is 2.53. The summed E-state index contributed by atoms with van der Waals surface area (Å²) in [6.07, 6.45) is 0. The van der Waals surface area contributed by atoms with Crippen molar-refractivity contribution < 1.29 is 14.6 Å². The first kappa shape index (κ1) is 15.9. The summed E-state index contributed by atoms with van der Waals surface area (Å²) in [6.45, 7) is 1.83. The maximum Gasteiger partial charge on any atom is 0.205 e. The van der Waals surface area contributed by atoms with E-state index >= 15 is 0 Å². The Morgan fingerprint density at radius 1 is 1.14 bits per heavy atom. The zero-order valence-electron chi connectivity index (χ0n) is 11.8. The van der Waals surface area contributed by atoms with Crippen LogP contribution in [0.5, 0.6) is 0 Å². The minimum Gasteiger partial charge on any atom is -0.392 e. The Hall–Kier alpha value is -1.49. The van der Waals surface area contributed by atoms with Gasteiger partial charge in [-0.1, -0.05) is 54.6 Å². The summed E-state index contributed by atoms with van der Waals surface area (Å²) in [6, 6.07) is 16.6. The van der Waals surface area contributed by atoms with Gasteiger partial charge < -0.3 is 9.84 Å². The van der Waals surface area contributed by atoms with Crippen molar-refractivity contribution in [1.29, 1.82) is 0 Å². The van der Waals surface area contributed by atoms with Crippen LogP contribution in [0.1, 0.15) is 28.4 Å². The van der Waals surface area contributed by atoms with Crippen molar-refractivity contribution in [1.82, 2.24) is 0 Å². The van der Waals surface area contributed by atoms with Gasteiger partial charge in [-0.2, -0.15) is 0 Å². The Balaban J connectivity index is 2.13. The molecule has 0 saturated heterocycles. The summed E-state index contributed by atoms with van der Waals surface area (Å²) < 4.78 is 4.59. The van der Waals surface area contributed by atoms with Crippen LogP contribution >= 0.6 is 15.9 Å². The molecule has 0 radical (unpaired) electrons. The second kappa shape index (κ2) is 6.98. The number of hydrogen-bond donors (Lipinski definition) is 1. The van der Waals surface area contributed by atoms with Gasteiger partial charge in [0.1, 0.15) is 0 Å². The van der Waals surface area contributed by atoms with E-state index in [-0.39, 0.29) is 12.4 Å². The van der Waals surface area contributed by atoms with Crippen LogP contribution in [0.15, 0.2) is 54.6 Å². The number of halogens is 1. The zero-order chi connectivity index (χ0) is 15.3. The van der Waals surface area contributed by atoms with Crippen molar-refractivity contribution in [3.8, 4) is 0 Å². The molecular formula is C17H17BrO3. The molecule has 0 aliphatic heterocycles. The van der Waals surface area contributed by atoms with Crippen LogP contribution in [0.3, 0.4) is 0 Å². The van der Waals surface area contributed by atoms with E-state index in [9.17, 15) is 9.90 Å². The summed E-state index contributed by atoms with van der Waals surface area (Å²) in [4.78, 5) is 12.6. The SMILES string of the molecule is CC(Br)(OCc1ccccc1)C(=O)c1ccccc1CO. The predicted molar refractivity (Wildman–Crippen MR) is 85.3 cm³/mol. The molecule has 3 nitrogen and oxygen atoms in total. The maximum absolute atomic E-state index is 12.6. The van der Waals surface area contributed by atoms with Crippen molar-refractivity contribution >= 4 is 21.7 Å². The first-order valence-corrected chi connectivity index (χ1v) is 7.44. The van der Waals surface area contributed by atoms with Crippen molar-refractivity contribution in [2.45, 2.75) is 24.6 Å². The summed E-state index contributed by atoms with van der Waals surface area (Å²) >= 11 is 3.35. The molecule has 21 heavy (non-hydrogen) atoms. The summed E-state index contributed by atoms with van der Waals surface area (Å²) in [5.74, 6) is -0.205. The number of Topliss-reactive ketones (excluding diaryl/α,β-unsaturated/α-hetero) is 1. The second-order valence-electron chi connectivity index (χ2n) is 4.84. The topological polar surface area (TPSA) is 46.5 Å². The lowest BCUT2D eigenvalue weighted by Gasteiger charge is -2.23. The maximum atomic E-state index is 12.6. The number of benzene rings is 2. The van der Waals surface area contributed by atoms with Gasteiger partial charge in [-0.15, -0.1) is 0 Å². The lowest BCUT2D eigenvalue weighted by Crippen LogP contribution is -2.32. The third-order valence-corrected chi connectivity index (χ3v) is 3.78. The molecule has 0 aliphatic rings. The van der Waals surface area contributed by atoms with Gasteiger partial charge >= 0.3 is 0 Å². The molecule has 0 bridgehead atoms.